The first kappa shape index (κ1) is 19.3. The molecule has 1 amide bonds. The Labute approximate surface area is 185 Å². The van der Waals surface area contributed by atoms with Gasteiger partial charge in [0.2, 0.25) is 0 Å². The van der Waals surface area contributed by atoms with Gasteiger partial charge in [-0.15, -0.1) is 0 Å². The number of nitrogens with one attached hydrogen (secondary N) is 2. The van der Waals surface area contributed by atoms with Gasteiger partial charge in [0.05, 0.1) is 0 Å². The molecule has 4 aromatic rings. The molecule has 32 heavy (non-hydrogen) atoms. The summed E-state index contributed by atoms with van der Waals surface area (Å²) in [5.41, 5.74) is 4.26. The van der Waals surface area contributed by atoms with Gasteiger partial charge in [-0.1, -0.05) is 18.2 Å². The number of aromatic nitrogens is 3. The Morgan fingerprint density at radius 3 is 2.88 bits per heavy atom. The van der Waals surface area contributed by atoms with Crippen LogP contribution < -0.4 is 10.9 Å². The first-order valence-electron chi connectivity index (χ1n) is 11.2. The third-order valence-electron chi connectivity index (χ3n) is 6.87. The lowest BCUT2D eigenvalue weighted by Gasteiger charge is -2.14. The molecule has 0 atom stereocenters. The Balaban J connectivity index is 1.14. The molecule has 1 aromatic carbocycles. The fraction of sp³-hybridized carbons (Fsp3) is 0.320. The highest BCUT2D eigenvalue weighted by atomic mass is 16.2. The first-order chi connectivity index (χ1) is 15.6. The van der Waals surface area contributed by atoms with Crippen molar-refractivity contribution in [1.82, 2.24) is 24.6 Å². The van der Waals surface area contributed by atoms with Crippen molar-refractivity contribution in [2.75, 3.05) is 13.1 Å². The van der Waals surface area contributed by atoms with Gasteiger partial charge in [-0.3, -0.25) is 18.9 Å². The second kappa shape index (κ2) is 7.31. The van der Waals surface area contributed by atoms with Gasteiger partial charge in [-0.2, -0.15) is 0 Å². The fourth-order valence-corrected chi connectivity index (χ4v) is 4.86. The number of likely N-dealkylation sites (tertiary alicyclic amines) is 1. The van der Waals surface area contributed by atoms with Gasteiger partial charge >= 0.3 is 0 Å². The minimum atomic E-state index is -0.358. The highest BCUT2D eigenvalue weighted by molar-refractivity contribution is 5.92. The van der Waals surface area contributed by atoms with Crippen LogP contribution in [0.4, 0.5) is 0 Å². The van der Waals surface area contributed by atoms with Crippen molar-refractivity contribution < 1.29 is 4.79 Å². The van der Waals surface area contributed by atoms with Crippen molar-refractivity contribution in [2.24, 2.45) is 5.41 Å². The van der Waals surface area contributed by atoms with Crippen molar-refractivity contribution in [1.29, 1.82) is 0 Å². The van der Waals surface area contributed by atoms with Crippen molar-refractivity contribution in [2.45, 2.75) is 32.4 Å². The largest absolute Gasteiger partial charge is 0.357 e. The van der Waals surface area contributed by atoms with Crippen LogP contribution in [0.3, 0.4) is 0 Å². The van der Waals surface area contributed by atoms with Gasteiger partial charge in [-0.25, -0.2) is 4.98 Å². The summed E-state index contributed by atoms with van der Waals surface area (Å²) in [5.74, 6) is -0.358. The predicted octanol–water partition coefficient (Wildman–Crippen LogP) is 3.09. The molecule has 1 aliphatic carbocycles. The van der Waals surface area contributed by atoms with E-state index in [0.29, 0.717) is 17.6 Å². The quantitative estimate of drug-likeness (QED) is 0.513. The maximum atomic E-state index is 12.6. The lowest BCUT2D eigenvalue weighted by atomic mass is 10.1. The third-order valence-corrected chi connectivity index (χ3v) is 6.87. The van der Waals surface area contributed by atoms with Gasteiger partial charge in [0.1, 0.15) is 11.3 Å². The van der Waals surface area contributed by atoms with Crippen LogP contribution >= 0.6 is 0 Å². The Hall–Kier alpha value is -3.45. The van der Waals surface area contributed by atoms with E-state index in [4.69, 9.17) is 0 Å². The van der Waals surface area contributed by atoms with Crippen molar-refractivity contribution >= 4 is 22.5 Å². The molecule has 6 rings (SSSR count). The summed E-state index contributed by atoms with van der Waals surface area (Å²) < 4.78 is 1.42. The SMILES string of the molecule is O=C(NCc1ccc2cc(CN3CCC4(CC4)C3)[nH]c2c1)c1cc(=O)n2ccccc2n1. The average molecular weight is 428 g/mol. The Kier molecular flexibility index (Phi) is 4.40. The highest BCUT2D eigenvalue weighted by Crippen LogP contribution is 2.52. The second-order valence-corrected chi connectivity index (χ2v) is 9.27. The lowest BCUT2D eigenvalue weighted by Crippen LogP contribution is -2.26. The van der Waals surface area contributed by atoms with E-state index in [9.17, 15) is 9.59 Å². The summed E-state index contributed by atoms with van der Waals surface area (Å²) in [6, 6.07) is 14.9. The van der Waals surface area contributed by atoms with Crippen LogP contribution in [0.5, 0.6) is 0 Å². The lowest BCUT2D eigenvalue weighted by molar-refractivity contribution is 0.0946. The number of rotatable bonds is 5. The Morgan fingerprint density at radius 2 is 2.03 bits per heavy atom. The van der Waals surface area contributed by atoms with Gasteiger partial charge in [0.15, 0.2) is 0 Å². The van der Waals surface area contributed by atoms with Crippen LogP contribution in [0.25, 0.3) is 16.6 Å². The number of aromatic amines is 1. The minimum absolute atomic E-state index is 0.128. The number of fused-ring (bicyclic) bond motifs is 2. The molecule has 0 unspecified atom stereocenters. The molecule has 1 saturated carbocycles. The average Bonchev–Trinajstić information content (AvgIpc) is 3.25. The second-order valence-electron chi connectivity index (χ2n) is 9.27. The molecule has 4 heterocycles. The van der Waals surface area contributed by atoms with Crippen LogP contribution in [0.15, 0.2) is 59.5 Å². The van der Waals surface area contributed by atoms with Crippen LogP contribution in [0.1, 0.15) is 41.0 Å². The van der Waals surface area contributed by atoms with Crippen LogP contribution in [-0.2, 0) is 13.1 Å². The number of benzene rings is 1. The number of hydrogen-bond donors (Lipinski definition) is 2. The summed E-state index contributed by atoms with van der Waals surface area (Å²) >= 11 is 0. The van der Waals surface area contributed by atoms with Crippen LogP contribution in [0, 0.1) is 5.41 Å². The van der Waals surface area contributed by atoms with Gasteiger partial charge < -0.3 is 10.3 Å². The molecule has 2 fully saturated rings. The molecule has 2 N–H and O–H groups in total. The number of hydrogen-bond acceptors (Lipinski definition) is 4. The number of amides is 1. The molecule has 7 heteroatoms. The molecule has 0 bridgehead atoms. The number of pyridine rings is 1. The molecule has 0 radical (unpaired) electrons. The zero-order valence-corrected chi connectivity index (χ0v) is 17.8. The van der Waals surface area contributed by atoms with Crippen molar-refractivity contribution in [3.05, 3.63) is 82.0 Å². The summed E-state index contributed by atoms with van der Waals surface area (Å²) in [6.07, 6.45) is 5.78. The zero-order valence-electron chi connectivity index (χ0n) is 17.8. The van der Waals surface area contributed by atoms with E-state index in [1.165, 1.54) is 53.9 Å². The molecule has 162 valence electrons. The van der Waals surface area contributed by atoms with Gasteiger partial charge in [0, 0.05) is 43.1 Å². The summed E-state index contributed by atoms with van der Waals surface area (Å²) in [4.78, 5) is 35.2. The molecule has 1 spiro atoms. The minimum Gasteiger partial charge on any atom is -0.357 e. The van der Waals surface area contributed by atoms with E-state index in [-0.39, 0.29) is 17.2 Å². The van der Waals surface area contributed by atoms with Crippen LogP contribution in [-0.4, -0.2) is 38.3 Å². The summed E-state index contributed by atoms with van der Waals surface area (Å²) in [6.45, 7) is 3.75. The fourth-order valence-electron chi connectivity index (χ4n) is 4.86. The number of carbonyl (C=O) groups is 1. The van der Waals surface area contributed by atoms with E-state index in [2.05, 4.69) is 38.4 Å². The maximum Gasteiger partial charge on any atom is 0.270 e. The predicted molar refractivity (Wildman–Crippen MR) is 122 cm³/mol. The molecular formula is C25H25N5O2. The molecule has 7 nitrogen and oxygen atoms in total. The topological polar surface area (TPSA) is 82.5 Å². The first-order valence-corrected chi connectivity index (χ1v) is 11.2. The molecule has 3 aromatic heterocycles. The van der Waals surface area contributed by atoms with E-state index in [1.807, 2.05) is 6.07 Å². The van der Waals surface area contributed by atoms with E-state index < -0.39 is 0 Å². The number of H-pyrrole nitrogens is 1. The third kappa shape index (κ3) is 3.58. The maximum absolute atomic E-state index is 12.6. The van der Waals surface area contributed by atoms with E-state index in [1.54, 1.807) is 24.4 Å². The van der Waals surface area contributed by atoms with E-state index >= 15 is 0 Å². The standard InChI is InChI=1S/C25H25N5O2/c31-23-13-21(28-22-3-1-2-9-30(22)23)24(32)26-14-17-4-5-18-12-19(27-20(18)11-17)15-29-10-8-25(16-29)6-7-25/h1-5,9,11-13,27H,6-8,10,14-16H2,(H,26,32). The monoisotopic (exact) mass is 427 g/mol. The van der Waals surface area contributed by atoms with E-state index in [0.717, 1.165) is 17.6 Å². The molecule has 2 aliphatic rings. The van der Waals surface area contributed by atoms with Crippen LogP contribution in [0.2, 0.25) is 0 Å². The Bertz CT molecular complexity index is 1400. The molecule has 1 saturated heterocycles. The van der Waals surface area contributed by atoms with Gasteiger partial charge in [0.25, 0.3) is 11.5 Å². The zero-order chi connectivity index (χ0) is 21.7. The number of carbonyl (C=O) groups excluding carboxylic acids is 1. The molecule has 1 aliphatic heterocycles. The van der Waals surface area contributed by atoms with Gasteiger partial charge in [-0.05, 0) is 66.4 Å². The van der Waals surface area contributed by atoms with Crippen molar-refractivity contribution in [3.8, 4) is 0 Å². The smallest absolute Gasteiger partial charge is 0.270 e. The molecular weight excluding hydrogens is 402 g/mol. The summed E-state index contributed by atoms with van der Waals surface area (Å²) in [7, 11) is 0. The summed E-state index contributed by atoms with van der Waals surface area (Å²) in [5, 5.41) is 4.06. The normalized spacial score (nSPS) is 17.4. The Morgan fingerprint density at radius 1 is 1.12 bits per heavy atom. The van der Waals surface area contributed by atoms with Crippen molar-refractivity contribution in [3.63, 3.8) is 0 Å². The number of nitrogens with zero attached hydrogens (tertiary/aromatic N) is 3. The highest BCUT2D eigenvalue weighted by Gasteiger charge is 2.47.